The number of rotatable bonds is 5. The molecular formula is C19H23NO5. The van der Waals surface area contributed by atoms with Gasteiger partial charge in [-0.2, -0.15) is 0 Å². The maximum absolute atomic E-state index is 9.10. The van der Waals surface area contributed by atoms with Crippen molar-refractivity contribution in [3.63, 3.8) is 0 Å². The number of carbonyl (C=O) groups is 2. The summed E-state index contributed by atoms with van der Waals surface area (Å²) in [5, 5.41) is 20.8. The summed E-state index contributed by atoms with van der Waals surface area (Å²) in [5.41, 5.74) is 0. The van der Waals surface area contributed by atoms with Gasteiger partial charge in [-0.15, -0.1) is 0 Å². The van der Waals surface area contributed by atoms with Gasteiger partial charge in [0.05, 0.1) is 0 Å². The van der Waals surface area contributed by atoms with Gasteiger partial charge in [-0.25, -0.2) is 9.59 Å². The summed E-state index contributed by atoms with van der Waals surface area (Å²) in [6, 6.07) is 15.3. The first-order chi connectivity index (χ1) is 12.1. The zero-order valence-corrected chi connectivity index (χ0v) is 14.0. The van der Waals surface area contributed by atoms with Crippen molar-refractivity contribution in [1.82, 2.24) is 5.32 Å². The first-order valence-corrected chi connectivity index (χ1v) is 8.38. The summed E-state index contributed by atoms with van der Waals surface area (Å²) in [6.07, 6.45) is 5.41. The van der Waals surface area contributed by atoms with Crippen LogP contribution in [0.5, 0.6) is 5.75 Å². The molecule has 0 radical (unpaired) electrons. The SMILES string of the molecule is O=C(O)C(=O)O.c1ccc2c(OCCNC3CCCC3)cccc2c1. The number of hydrogen-bond acceptors (Lipinski definition) is 4. The number of carboxylic acid groups (broad SMARTS) is 2. The molecule has 0 aliphatic heterocycles. The highest BCUT2D eigenvalue weighted by molar-refractivity contribution is 6.27. The van der Waals surface area contributed by atoms with Crippen LogP contribution in [0.2, 0.25) is 0 Å². The van der Waals surface area contributed by atoms with Gasteiger partial charge in [0, 0.05) is 18.0 Å². The van der Waals surface area contributed by atoms with Crippen LogP contribution in [0.15, 0.2) is 42.5 Å². The molecule has 0 saturated heterocycles. The summed E-state index contributed by atoms with van der Waals surface area (Å²) < 4.78 is 5.92. The molecule has 0 aromatic heterocycles. The average Bonchev–Trinajstić information content (AvgIpc) is 3.13. The van der Waals surface area contributed by atoms with Gasteiger partial charge in [0.25, 0.3) is 0 Å². The van der Waals surface area contributed by atoms with Crippen LogP contribution in [-0.4, -0.2) is 41.3 Å². The van der Waals surface area contributed by atoms with Crippen molar-refractivity contribution in [2.24, 2.45) is 0 Å². The fourth-order valence-electron chi connectivity index (χ4n) is 2.88. The van der Waals surface area contributed by atoms with Crippen molar-refractivity contribution in [2.45, 2.75) is 31.7 Å². The molecule has 1 saturated carbocycles. The van der Waals surface area contributed by atoms with Gasteiger partial charge in [-0.3, -0.25) is 0 Å². The zero-order chi connectivity index (χ0) is 18.1. The van der Waals surface area contributed by atoms with E-state index in [0.29, 0.717) is 0 Å². The van der Waals surface area contributed by atoms with Gasteiger partial charge in [-0.05, 0) is 24.3 Å². The van der Waals surface area contributed by atoms with Crippen LogP contribution in [0, 0.1) is 0 Å². The lowest BCUT2D eigenvalue weighted by Gasteiger charge is -2.13. The van der Waals surface area contributed by atoms with E-state index >= 15 is 0 Å². The lowest BCUT2D eigenvalue weighted by Crippen LogP contribution is -2.30. The number of nitrogens with one attached hydrogen (secondary N) is 1. The fourth-order valence-corrected chi connectivity index (χ4v) is 2.88. The molecule has 3 N–H and O–H groups in total. The van der Waals surface area contributed by atoms with Crippen molar-refractivity contribution >= 4 is 22.7 Å². The van der Waals surface area contributed by atoms with E-state index in [1.807, 2.05) is 0 Å². The van der Waals surface area contributed by atoms with E-state index in [1.165, 1.54) is 36.5 Å². The third kappa shape index (κ3) is 6.08. The van der Waals surface area contributed by atoms with Crippen LogP contribution in [-0.2, 0) is 9.59 Å². The predicted molar refractivity (Wildman–Crippen MR) is 95.0 cm³/mol. The minimum Gasteiger partial charge on any atom is -0.492 e. The summed E-state index contributed by atoms with van der Waals surface area (Å²) >= 11 is 0. The van der Waals surface area contributed by atoms with E-state index in [-0.39, 0.29) is 0 Å². The fraction of sp³-hybridized carbons (Fsp3) is 0.368. The van der Waals surface area contributed by atoms with Crippen molar-refractivity contribution in [3.8, 4) is 5.75 Å². The average molecular weight is 345 g/mol. The highest BCUT2D eigenvalue weighted by Gasteiger charge is 2.13. The number of carboxylic acids is 2. The molecule has 6 nitrogen and oxygen atoms in total. The molecule has 0 unspecified atom stereocenters. The molecule has 0 bridgehead atoms. The number of aliphatic carboxylic acids is 2. The Morgan fingerprint density at radius 3 is 2.32 bits per heavy atom. The van der Waals surface area contributed by atoms with Crippen LogP contribution in [0.1, 0.15) is 25.7 Å². The second-order valence-electron chi connectivity index (χ2n) is 5.87. The summed E-state index contributed by atoms with van der Waals surface area (Å²) in [7, 11) is 0. The van der Waals surface area contributed by atoms with Crippen LogP contribution in [0.25, 0.3) is 10.8 Å². The van der Waals surface area contributed by atoms with Gasteiger partial charge in [0.15, 0.2) is 0 Å². The van der Waals surface area contributed by atoms with Crippen LogP contribution in [0.4, 0.5) is 0 Å². The van der Waals surface area contributed by atoms with Crippen molar-refractivity contribution < 1.29 is 24.5 Å². The third-order valence-electron chi connectivity index (χ3n) is 4.08. The highest BCUT2D eigenvalue weighted by atomic mass is 16.5. The Bertz CT molecular complexity index is 693. The monoisotopic (exact) mass is 345 g/mol. The van der Waals surface area contributed by atoms with E-state index in [0.717, 1.165) is 24.9 Å². The molecule has 1 aliphatic rings. The second-order valence-corrected chi connectivity index (χ2v) is 5.87. The molecule has 1 aliphatic carbocycles. The predicted octanol–water partition coefficient (Wildman–Crippen LogP) is 2.91. The molecule has 1 fully saturated rings. The first kappa shape index (κ1) is 18.7. The van der Waals surface area contributed by atoms with Gasteiger partial charge in [0.1, 0.15) is 12.4 Å². The molecule has 3 rings (SSSR count). The number of hydrogen-bond donors (Lipinski definition) is 3. The maximum atomic E-state index is 9.10. The number of benzene rings is 2. The van der Waals surface area contributed by atoms with Gasteiger partial charge >= 0.3 is 11.9 Å². The molecule has 25 heavy (non-hydrogen) atoms. The summed E-state index contributed by atoms with van der Waals surface area (Å²) in [6.45, 7) is 1.68. The van der Waals surface area contributed by atoms with E-state index < -0.39 is 11.9 Å². The Morgan fingerprint density at radius 1 is 1.00 bits per heavy atom. The number of fused-ring (bicyclic) bond motifs is 1. The van der Waals surface area contributed by atoms with E-state index in [2.05, 4.69) is 47.8 Å². The number of ether oxygens (including phenoxy) is 1. The lowest BCUT2D eigenvalue weighted by molar-refractivity contribution is -0.159. The van der Waals surface area contributed by atoms with Gasteiger partial charge < -0.3 is 20.3 Å². The molecule has 0 amide bonds. The molecule has 2 aromatic carbocycles. The minimum absolute atomic E-state index is 0.719. The van der Waals surface area contributed by atoms with Crippen molar-refractivity contribution in [2.75, 3.05) is 13.2 Å². The summed E-state index contributed by atoms with van der Waals surface area (Å²) in [5.74, 6) is -2.66. The van der Waals surface area contributed by atoms with Crippen LogP contribution >= 0.6 is 0 Å². The van der Waals surface area contributed by atoms with E-state index in [1.54, 1.807) is 0 Å². The van der Waals surface area contributed by atoms with Gasteiger partial charge in [0.2, 0.25) is 0 Å². The van der Waals surface area contributed by atoms with Gasteiger partial charge in [-0.1, -0.05) is 49.2 Å². The van der Waals surface area contributed by atoms with Crippen molar-refractivity contribution in [3.05, 3.63) is 42.5 Å². The topological polar surface area (TPSA) is 95.9 Å². The van der Waals surface area contributed by atoms with E-state index in [9.17, 15) is 0 Å². The normalized spacial score (nSPS) is 13.9. The Hall–Kier alpha value is -2.60. The highest BCUT2D eigenvalue weighted by Crippen LogP contribution is 2.25. The first-order valence-electron chi connectivity index (χ1n) is 8.38. The molecule has 0 spiro atoms. The quantitative estimate of drug-likeness (QED) is 0.570. The summed E-state index contributed by atoms with van der Waals surface area (Å²) in [4.78, 5) is 18.2. The largest absolute Gasteiger partial charge is 0.492 e. The standard InChI is InChI=1S/C17H21NO.C2H2O4/c1-4-10-16-14(6-1)7-5-11-17(16)19-13-12-18-15-8-2-3-9-15;3-1(4)2(5)6/h1,4-7,10-11,15,18H,2-3,8-9,12-13H2;(H,3,4)(H,5,6). The lowest BCUT2D eigenvalue weighted by atomic mass is 10.1. The molecule has 0 atom stereocenters. The van der Waals surface area contributed by atoms with Crippen LogP contribution in [0.3, 0.4) is 0 Å². The molecule has 2 aromatic rings. The Labute approximate surface area is 146 Å². The Kier molecular flexibility index (Phi) is 7.22. The van der Waals surface area contributed by atoms with Crippen molar-refractivity contribution in [1.29, 1.82) is 0 Å². The zero-order valence-electron chi connectivity index (χ0n) is 14.0. The minimum atomic E-state index is -1.82. The van der Waals surface area contributed by atoms with E-state index in [4.69, 9.17) is 24.5 Å². The second kappa shape index (κ2) is 9.64. The molecule has 134 valence electrons. The maximum Gasteiger partial charge on any atom is 0.414 e. The molecular weight excluding hydrogens is 322 g/mol. The smallest absolute Gasteiger partial charge is 0.414 e. The third-order valence-corrected chi connectivity index (χ3v) is 4.08. The molecule has 6 heteroatoms. The molecule has 0 heterocycles. The Balaban J connectivity index is 0.000000326. The van der Waals surface area contributed by atoms with Crippen LogP contribution < -0.4 is 10.1 Å². The Morgan fingerprint density at radius 2 is 1.64 bits per heavy atom.